The van der Waals surface area contributed by atoms with E-state index < -0.39 is 0 Å². The van der Waals surface area contributed by atoms with E-state index in [2.05, 4.69) is 28.9 Å². The second kappa shape index (κ2) is 7.55. The Morgan fingerprint density at radius 1 is 1.20 bits per heavy atom. The molecular weight excluding hydrogens is 340 g/mol. The third kappa shape index (κ3) is 4.73. The number of benzene rings is 2. The summed E-state index contributed by atoms with van der Waals surface area (Å²) in [5.41, 5.74) is 0. The van der Waals surface area contributed by atoms with Crippen molar-refractivity contribution in [3.05, 3.63) is 58.0 Å². The Morgan fingerprint density at radius 3 is 2.70 bits per heavy atom. The third-order valence-electron chi connectivity index (χ3n) is 2.63. The van der Waals surface area contributed by atoms with Crippen LogP contribution >= 0.6 is 27.5 Å². The smallest absolute Gasteiger partial charge is 0.127 e. The summed E-state index contributed by atoms with van der Waals surface area (Å²) in [6.45, 7) is 3.24. The van der Waals surface area contributed by atoms with Crippen molar-refractivity contribution in [3.8, 4) is 11.5 Å². The van der Waals surface area contributed by atoms with Gasteiger partial charge >= 0.3 is 0 Å². The molecule has 105 valence electrons. The number of halogens is 2. The van der Waals surface area contributed by atoms with Gasteiger partial charge in [0.1, 0.15) is 11.5 Å². The van der Waals surface area contributed by atoms with Crippen molar-refractivity contribution in [2.45, 2.75) is 6.92 Å². The maximum Gasteiger partial charge on any atom is 0.127 e. The fraction of sp³-hybridized carbons (Fsp3) is 0.250. The van der Waals surface area contributed by atoms with Crippen LogP contribution in [0.25, 0.3) is 0 Å². The molecule has 1 unspecified atom stereocenters. The van der Waals surface area contributed by atoms with E-state index in [9.17, 15) is 0 Å². The van der Waals surface area contributed by atoms with Crippen molar-refractivity contribution >= 4 is 27.5 Å². The average molecular weight is 355 g/mol. The lowest BCUT2D eigenvalue weighted by atomic mass is 10.2. The highest BCUT2D eigenvalue weighted by atomic mass is 79.9. The monoisotopic (exact) mass is 353 g/mol. The first-order valence-electron chi connectivity index (χ1n) is 6.32. The molecule has 2 aromatic rings. The number of hydrogen-bond acceptors (Lipinski definition) is 2. The third-order valence-corrected chi connectivity index (χ3v) is 3.86. The van der Waals surface area contributed by atoms with Crippen molar-refractivity contribution in [2.24, 2.45) is 5.92 Å². The molecule has 0 spiro atoms. The molecule has 0 amide bonds. The molecule has 0 aliphatic carbocycles. The summed E-state index contributed by atoms with van der Waals surface area (Å²) in [5.74, 6) is 1.79. The molecule has 2 rings (SSSR count). The number of hydrogen-bond donors (Lipinski definition) is 0. The van der Waals surface area contributed by atoms with Gasteiger partial charge in [-0.05, 0) is 40.2 Å². The first kappa shape index (κ1) is 15.2. The lowest BCUT2D eigenvalue weighted by Crippen LogP contribution is -2.16. The molecule has 2 nitrogen and oxygen atoms in total. The van der Waals surface area contributed by atoms with Crippen molar-refractivity contribution in [2.75, 3.05) is 13.2 Å². The van der Waals surface area contributed by atoms with Gasteiger partial charge in [0, 0.05) is 16.5 Å². The van der Waals surface area contributed by atoms with E-state index in [1.807, 2.05) is 36.4 Å². The van der Waals surface area contributed by atoms with Crippen LogP contribution < -0.4 is 9.47 Å². The molecule has 20 heavy (non-hydrogen) atoms. The van der Waals surface area contributed by atoms with Crippen LogP contribution in [0.1, 0.15) is 6.92 Å². The maximum absolute atomic E-state index is 6.01. The van der Waals surface area contributed by atoms with Crippen LogP contribution in [0.2, 0.25) is 5.02 Å². The summed E-state index contributed by atoms with van der Waals surface area (Å²) in [5, 5.41) is 0.644. The molecule has 0 saturated carbocycles. The Morgan fingerprint density at radius 2 is 2.00 bits per heavy atom. The van der Waals surface area contributed by atoms with Gasteiger partial charge in [-0.1, -0.05) is 36.7 Å². The number of para-hydroxylation sites is 1. The maximum atomic E-state index is 6.01. The van der Waals surface area contributed by atoms with Crippen LogP contribution in [0.3, 0.4) is 0 Å². The standard InChI is InChI=1S/C16H15BrClO2/c1-12(10-19-13-5-3-2-4-6-13)11-20-14-7-8-15(17)16(18)9-14/h2-5,7-9,12H,10-11H2,1H3. The summed E-state index contributed by atoms with van der Waals surface area (Å²) in [6, 6.07) is 16.1. The Bertz CT molecular complexity index is 545. The van der Waals surface area contributed by atoms with Gasteiger partial charge in [0.15, 0.2) is 0 Å². The number of ether oxygens (including phenoxy) is 2. The first-order valence-corrected chi connectivity index (χ1v) is 7.49. The Kier molecular flexibility index (Phi) is 5.74. The fourth-order valence-corrected chi connectivity index (χ4v) is 1.97. The lowest BCUT2D eigenvalue weighted by molar-refractivity contribution is 0.188. The van der Waals surface area contributed by atoms with Gasteiger partial charge in [0.25, 0.3) is 0 Å². The Labute approximate surface area is 132 Å². The van der Waals surface area contributed by atoms with E-state index in [1.165, 1.54) is 0 Å². The molecule has 0 saturated heterocycles. The highest BCUT2D eigenvalue weighted by molar-refractivity contribution is 9.10. The lowest BCUT2D eigenvalue weighted by Gasteiger charge is -2.14. The second-order valence-electron chi connectivity index (χ2n) is 4.53. The molecule has 1 radical (unpaired) electrons. The Balaban J connectivity index is 1.77. The largest absolute Gasteiger partial charge is 0.493 e. The molecule has 0 fully saturated rings. The minimum Gasteiger partial charge on any atom is -0.493 e. The van der Waals surface area contributed by atoms with Crippen molar-refractivity contribution in [1.82, 2.24) is 0 Å². The van der Waals surface area contributed by atoms with Crippen LogP contribution in [0, 0.1) is 12.0 Å². The van der Waals surface area contributed by atoms with Crippen LogP contribution in [0.5, 0.6) is 11.5 Å². The summed E-state index contributed by atoms with van der Waals surface area (Å²) in [7, 11) is 0. The molecule has 4 heteroatoms. The molecule has 0 aliphatic heterocycles. The highest BCUT2D eigenvalue weighted by Gasteiger charge is 2.06. The normalized spacial score (nSPS) is 11.9. The zero-order valence-corrected chi connectivity index (χ0v) is 13.4. The van der Waals surface area contributed by atoms with Crippen LogP contribution in [0.15, 0.2) is 46.9 Å². The summed E-state index contributed by atoms with van der Waals surface area (Å²) >= 11 is 9.36. The zero-order valence-electron chi connectivity index (χ0n) is 11.1. The van der Waals surface area contributed by atoms with Gasteiger partial charge in [-0.2, -0.15) is 0 Å². The van der Waals surface area contributed by atoms with Crippen molar-refractivity contribution in [3.63, 3.8) is 0 Å². The predicted octanol–water partition coefficient (Wildman–Crippen LogP) is 5.00. The van der Waals surface area contributed by atoms with Gasteiger partial charge in [-0.15, -0.1) is 0 Å². The van der Waals surface area contributed by atoms with Crippen molar-refractivity contribution in [1.29, 1.82) is 0 Å². The molecule has 0 aliphatic rings. The molecule has 0 N–H and O–H groups in total. The molecule has 0 aromatic heterocycles. The summed E-state index contributed by atoms with van der Waals surface area (Å²) in [6.07, 6.45) is 0. The molecule has 2 aromatic carbocycles. The van der Waals surface area contributed by atoms with Gasteiger partial charge in [0.05, 0.1) is 18.2 Å². The molecule has 0 bridgehead atoms. The predicted molar refractivity (Wildman–Crippen MR) is 84.6 cm³/mol. The van der Waals surface area contributed by atoms with E-state index in [1.54, 1.807) is 6.07 Å². The van der Waals surface area contributed by atoms with Gasteiger partial charge in [-0.25, -0.2) is 0 Å². The SMILES string of the molecule is CC(COc1[c]cccc1)COc1ccc(Br)c(Cl)c1. The quantitative estimate of drug-likeness (QED) is 0.727. The van der Waals surface area contributed by atoms with Crippen LogP contribution in [0.4, 0.5) is 0 Å². The van der Waals surface area contributed by atoms with Gasteiger partial charge in [-0.3, -0.25) is 0 Å². The first-order chi connectivity index (χ1) is 9.65. The van der Waals surface area contributed by atoms with Gasteiger partial charge < -0.3 is 9.47 Å². The summed E-state index contributed by atoms with van der Waals surface area (Å²) in [4.78, 5) is 0. The van der Waals surface area contributed by atoms with E-state index in [0.717, 1.165) is 16.0 Å². The van der Waals surface area contributed by atoms with E-state index in [-0.39, 0.29) is 5.92 Å². The van der Waals surface area contributed by atoms with Crippen LogP contribution in [-0.4, -0.2) is 13.2 Å². The van der Waals surface area contributed by atoms with Crippen LogP contribution in [-0.2, 0) is 0 Å². The average Bonchev–Trinajstić information content (AvgIpc) is 2.47. The molecule has 1 atom stereocenters. The van der Waals surface area contributed by atoms with E-state index in [0.29, 0.717) is 18.2 Å². The Hall–Kier alpha value is -1.19. The van der Waals surface area contributed by atoms with Crippen molar-refractivity contribution < 1.29 is 9.47 Å². The molecule has 0 heterocycles. The highest BCUT2D eigenvalue weighted by Crippen LogP contribution is 2.27. The van der Waals surface area contributed by atoms with E-state index >= 15 is 0 Å². The molecular formula is C16H15BrClO2. The summed E-state index contributed by atoms with van der Waals surface area (Å²) < 4.78 is 12.2. The minimum absolute atomic E-state index is 0.269. The van der Waals surface area contributed by atoms with E-state index in [4.69, 9.17) is 21.1 Å². The topological polar surface area (TPSA) is 18.5 Å². The zero-order chi connectivity index (χ0) is 14.4. The minimum atomic E-state index is 0.269. The van der Waals surface area contributed by atoms with Gasteiger partial charge in [0.2, 0.25) is 0 Å². The second-order valence-corrected chi connectivity index (χ2v) is 5.79. The fourth-order valence-electron chi connectivity index (χ4n) is 1.55. The number of rotatable bonds is 6.